The van der Waals surface area contributed by atoms with Crippen molar-refractivity contribution in [1.82, 2.24) is 0 Å². The zero-order valence-electron chi connectivity index (χ0n) is 8.38. The molecule has 15 heavy (non-hydrogen) atoms. The first-order valence-corrected chi connectivity index (χ1v) is 5.19. The van der Waals surface area contributed by atoms with Crippen LogP contribution >= 0.6 is 11.6 Å². The second-order valence-electron chi connectivity index (χ2n) is 4.18. The van der Waals surface area contributed by atoms with Crippen molar-refractivity contribution in [3.05, 3.63) is 28.8 Å². The van der Waals surface area contributed by atoms with E-state index in [4.69, 9.17) is 16.7 Å². The van der Waals surface area contributed by atoms with Crippen LogP contribution in [0.2, 0.25) is 5.02 Å². The van der Waals surface area contributed by atoms with Crippen molar-refractivity contribution < 1.29 is 9.90 Å². The molecule has 0 radical (unpaired) electrons. The van der Waals surface area contributed by atoms with Crippen molar-refractivity contribution in [2.45, 2.75) is 25.3 Å². The minimum absolute atomic E-state index is 0.0675. The third-order valence-corrected chi connectivity index (χ3v) is 2.88. The summed E-state index contributed by atoms with van der Waals surface area (Å²) < 4.78 is 0. The molecular formula is C11H12ClNO2. The lowest BCUT2D eigenvalue weighted by Crippen LogP contribution is -2.18. The molecule has 0 heterocycles. The van der Waals surface area contributed by atoms with Gasteiger partial charge in [0.2, 0.25) is 0 Å². The number of hydrogen-bond acceptors (Lipinski definition) is 2. The van der Waals surface area contributed by atoms with Crippen LogP contribution in [0.25, 0.3) is 0 Å². The van der Waals surface area contributed by atoms with Crippen LogP contribution in [0.5, 0.6) is 0 Å². The minimum atomic E-state index is -0.954. The highest BCUT2D eigenvalue weighted by Crippen LogP contribution is 2.39. The summed E-state index contributed by atoms with van der Waals surface area (Å²) in [5, 5.41) is 12.7. The quantitative estimate of drug-likeness (QED) is 0.832. The van der Waals surface area contributed by atoms with Crippen LogP contribution in [0, 0.1) is 0 Å². The van der Waals surface area contributed by atoms with Crippen LogP contribution in [0.1, 0.15) is 30.1 Å². The number of anilines is 1. The largest absolute Gasteiger partial charge is 0.478 e. The number of rotatable bonds is 3. The summed E-state index contributed by atoms with van der Waals surface area (Å²) >= 11 is 5.76. The Hall–Kier alpha value is -1.22. The third-order valence-electron chi connectivity index (χ3n) is 2.65. The second-order valence-corrected chi connectivity index (χ2v) is 4.62. The van der Waals surface area contributed by atoms with Crippen LogP contribution in [0.3, 0.4) is 0 Å². The normalized spacial score (nSPS) is 17.2. The van der Waals surface area contributed by atoms with Crippen molar-refractivity contribution >= 4 is 23.3 Å². The second kappa shape index (κ2) is 3.42. The van der Waals surface area contributed by atoms with Gasteiger partial charge >= 0.3 is 5.97 Å². The van der Waals surface area contributed by atoms with E-state index in [0.29, 0.717) is 10.7 Å². The summed E-state index contributed by atoms with van der Waals surface area (Å²) in [6.07, 6.45) is 2.16. The number of halogens is 1. The van der Waals surface area contributed by atoms with Gasteiger partial charge in [0.05, 0.1) is 5.56 Å². The molecular weight excluding hydrogens is 214 g/mol. The molecule has 1 saturated carbocycles. The Labute approximate surface area is 93.1 Å². The van der Waals surface area contributed by atoms with Crippen molar-refractivity contribution in [3.8, 4) is 0 Å². The van der Waals surface area contributed by atoms with Gasteiger partial charge in [-0.1, -0.05) is 11.6 Å². The minimum Gasteiger partial charge on any atom is -0.478 e. The molecule has 2 rings (SSSR count). The Bertz CT molecular complexity index is 413. The number of carboxylic acid groups (broad SMARTS) is 1. The molecule has 0 aliphatic heterocycles. The molecule has 4 heteroatoms. The van der Waals surface area contributed by atoms with Crippen molar-refractivity contribution in [2.24, 2.45) is 0 Å². The number of benzene rings is 1. The summed E-state index contributed by atoms with van der Waals surface area (Å²) in [5.41, 5.74) is 0.945. The fourth-order valence-electron chi connectivity index (χ4n) is 1.44. The third kappa shape index (κ3) is 2.23. The van der Waals surface area contributed by atoms with Crippen LogP contribution in [-0.2, 0) is 0 Å². The molecule has 1 fully saturated rings. The van der Waals surface area contributed by atoms with E-state index in [0.717, 1.165) is 12.8 Å². The molecule has 1 aromatic carbocycles. The van der Waals surface area contributed by atoms with Gasteiger partial charge in [-0.25, -0.2) is 4.79 Å². The van der Waals surface area contributed by atoms with Gasteiger partial charge in [0.15, 0.2) is 0 Å². The van der Waals surface area contributed by atoms with Gasteiger partial charge in [-0.15, -0.1) is 0 Å². The molecule has 0 amide bonds. The number of carboxylic acids is 1. The van der Waals surface area contributed by atoms with Gasteiger partial charge in [-0.3, -0.25) is 0 Å². The van der Waals surface area contributed by atoms with Crippen LogP contribution in [0.15, 0.2) is 18.2 Å². The molecule has 0 atom stereocenters. The Morgan fingerprint density at radius 3 is 2.73 bits per heavy atom. The molecule has 80 valence electrons. The Kier molecular flexibility index (Phi) is 2.35. The molecule has 1 aromatic rings. The van der Waals surface area contributed by atoms with Crippen molar-refractivity contribution in [3.63, 3.8) is 0 Å². The predicted octanol–water partition coefficient (Wildman–Crippen LogP) is 3.00. The lowest BCUT2D eigenvalue weighted by atomic mass is 10.1. The SMILES string of the molecule is CC1(Nc2ccc(Cl)cc2C(=O)O)CC1. The topological polar surface area (TPSA) is 49.3 Å². The first kappa shape index (κ1) is 10.3. The number of carbonyl (C=O) groups is 1. The van der Waals surface area contributed by atoms with E-state index in [2.05, 4.69) is 12.2 Å². The number of aromatic carboxylic acids is 1. The van der Waals surface area contributed by atoms with Gasteiger partial charge in [0.1, 0.15) is 0 Å². The van der Waals surface area contributed by atoms with Gasteiger partial charge in [0, 0.05) is 16.2 Å². The Balaban J connectivity index is 2.32. The lowest BCUT2D eigenvalue weighted by molar-refractivity contribution is 0.0698. The van der Waals surface area contributed by atoms with Gasteiger partial charge in [-0.05, 0) is 38.0 Å². The zero-order valence-corrected chi connectivity index (χ0v) is 9.14. The highest BCUT2D eigenvalue weighted by molar-refractivity contribution is 6.31. The number of nitrogens with one attached hydrogen (secondary N) is 1. The maximum absolute atomic E-state index is 11.0. The van der Waals surface area contributed by atoms with E-state index < -0.39 is 5.97 Å². The van der Waals surface area contributed by atoms with E-state index in [1.54, 1.807) is 12.1 Å². The fourth-order valence-corrected chi connectivity index (χ4v) is 1.61. The van der Waals surface area contributed by atoms with E-state index in [-0.39, 0.29) is 11.1 Å². The standard InChI is InChI=1S/C11H12ClNO2/c1-11(4-5-11)13-9-3-2-7(12)6-8(9)10(14)15/h2-3,6,13H,4-5H2,1H3,(H,14,15). The molecule has 0 aromatic heterocycles. The molecule has 0 saturated heterocycles. The van der Waals surface area contributed by atoms with Gasteiger partial charge in [-0.2, -0.15) is 0 Å². The number of hydrogen-bond donors (Lipinski definition) is 2. The molecule has 1 aliphatic carbocycles. The molecule has 0 bridgehead atoms. The average Bonchev–Trinajstić information content (AvgIpc) is 2.87. The summed E-state index contributed by atoms with van der Waals surface area (Å²) in [7, 11) is 0. The first-order valence-electron chi connectivity index (χ1n) is 4.81. The highest BCUT2D eigenvalue weighted by atomic mass is 35.5. The Morgan fingerprint density at radius 1 is 1.53 bits per heavy atom. The highest BCUT2D eigenvalue weighted by Gasteiger charge is 2.37. The maximum atomic E-state index is 11.0. The van der Waals surface area contributed by atoms with Gasteiger partial charge < -0.3 is 10.4 Å². The fraction of sp³-hybridized carbons (Fsp3) is 0.364. The summed E-state index contributed by atoms with van der Waals surface area (Å²) in [5.74, 6) is -0.954. The van der Waals surface area contributed by atoms with Crippen molar-refractivity contribution in [2.75, 3.05) is 5.32 Å². The van der Waals surface area contributed by atoms with Crippen LogP contribution < -0.4 is 5.32 Å². The molecule has 1 aliphatic rings. The summed E-state index contributed by atoms with van der Waals surface area (Å²) in [6, 6.07) is 4.88. The zero-order chi connectivity index (χ0) is 11.1. The summed E-state index contributed by atoms with van der Waals surface area (Å²) in [4.78, 5) is 11.0. The monoisotopic (exact) mass is 225 g/mol. The summed E-state index contributed by atoms with van der Waals surface area (Å²) in [6.45, 7) is 2.08. The predicted molar refractivity (Wildman–Crippen MR) is 59.7 cm³/mol. The smallest absolute Gasteiger partial charge is 0.337 e. The van der Waals surface area contributed by atoms with Crippen LogP contribution in [0.4, 0.5) is 5.69 Å². The Morgan fingerprint density at radius 2 is 2.20 bits per heavy atom. The first-order chi connectivity index (χ1) is 7.00. The van der Waals surface area contributed by atoms with Gasteiger partial charge in [0.25, 0.3) is 0 Å². The lowest BCUT2D eigenvalue weighted by Gasteiger charge is -2.15. The maximum Gasteiger partial charge on any atom is 0.337 e. The molecule has 2 N–H and O–H groups in total. The molecule has 0 unspecified atom stereocenters. The average molecular weight is 226 g/mol. The molecule has 0 spiro atoms. The van der Waals surface area contributed by atoms with E-state index in [9.17, 15) is 4.79 Å². The van der Waals surface area contributed by atoms with E-state index in [1.165, 1.54) is 6.07 Å². The van der Waals surface area contributed by atoms with E-state index in [1.807, 2.05) is 0 Å². The van der Waals surface area contributed by atoms with Crippen LogP contribution in [-0.4, -0.2) is 16.6 Å². The van der Waals surface area contributed by atoms with E-state index >= 15 is 0 Å². The van der Waals surface area contributed by atoms with Crippen molar-refractivity contribution in [1.29, 1.82) is 0 Å². The molecule has 3 nitrogen and oxygen atoms in total.